The van der Waals surface area contributed by atoms with Crippen LogP contribution in [0.2, 0.25) is 0 Å². The van der Waals surface area contributed by atoms with E-state index < -0.39 is 63.9 Å². The van der Waals surface area contributed by atoms with Crippen LogP contribution in [-0.4, -0.2) is 79.4 Å². The molecule has 1 aliphatic carbocycles. The van der Waals surface area contributed by atoms with Crippen molar-refractivity contribution in [1.29, 1.82) is 0 Å². The highest BCUT2D eigenvalue weighted by molar-refractivity contribution is 7.89. The largest absolute Gasteiger partial charge is 0.443 e. The molecule has 3 fully saturated rings. The van der Waals surface area contributed by atoms with Crippen molar-refractivity contribution in [2.75, 3.05) is 19.8 Å². The zero-order chi connectivity index (χ0) is 30.4. The number of nitrogens with zero attached hydrogens (tertiary/aromatic N) is 2. The summed E-state index contributed by atoms with van der Waals surface area (Å²) in [5.74, 6) is -0.0808. The smallest absolute Gasteiger partial charge is 0.407 e. The molecule has 3 aliphatic rings. The van der Waals surface area contributed by atoms with Crippen LogP contribution in [0, 0.1) is 16.0 Å². The summed E-state index contributed by atoms with van der Waals surface area (Å²) < 4.78 is 45.0. The number of fused-ring (bicyclic) bond motifs is 1. The monoisotopic (exact) mass is 619 g/mol. The first-order chi connectivity index (χ1) is 20.7. The molecule has 43 heavy (non-hydrogen) atoms. The van der Waals surface area contributed by atoms with Crippen molar-refractivity contribution in [3.8, 4) is 0 Å². The Labute approximate surface area is 250 Å². The molecule has 2 saturated heterocycles. The van der Waals surface area contributed by atoms with Crippen LogP contribution in [0.1, 0.15) is 44.1 Å². The molecular weight excluding hydrogens is 582 g/mol. The lowest BCUT2D eigenvalue weighted by molar-refractivity contribution is -0.385. The molecule has 14 heteroatoms. The Bertz CT molecular complexity index is 1360. The van der Waals surface area contributed by atoms with Crippen molar-refractivity contribution in [3.05, 3.63) is 70.3 Å². The van der Waals surface area contributed by atoms with Gasteiger partial charge in [-0.05, 0) is 37.3 Å². The molecule has 5 rings (SSSR count). The number of sulfonamides is 1. The highest BCUT2D eigenvalue weighted by atomic mass is 32.2. The second-order valence-corrected chi connectivity index (χ2v) is 12.9. The number of ether oxygens (including phenoxy) is 3. The number of hydroxylamine groups is 1. The Morgan fingerprint density at radius 1 is 1.09 bits per heavy atom. The second-order valence-electron chi connectivity index (χ2n) is 11.1. The fraction of sp³-hybridized carbons (Fsp3) is 0.552. The van der Waals surface area contributed by atoms with Crippen LogP contribution in [0.25, 0.3) is 0 Å². The molecule has 5 atom stereocenters. The fourth-order valence-electron chi connectivity index (χ4n) is 5.71. The number of amides is 1. The normalized spacial score (nSPS) is 23.9. The minimum atomic E-state index is -4.44. The number of nitrogens with one attached hydrogen (secondary N) is 1. The molecule has 2 heterocycles. The number of carbonyl (C=O) groups is 1. The lowest BCUT2D eigenvalue weighted by Gasteiger charge is -2.32. The Kier molecular flexibility index (Phi) is 10.3. The summed E-state index contributed by atoms with van der Waals surface area (Å²) in [6.45, 7) is 0.172. The number of rotatable bonds is 12. The zero-order valence-corrected chi connectivity index (χ0v) is 24.5. The molecule has 1 amide bonds. The van der Waals surface area contributed by atoms with Crippen LogP contribution in [-0.2, 0) is 35.5 Å². The Morgan fingerprint density at radius 2 is 1.86 bits per heavy atom. The summed E-state index contributed by atoms with van der Waals surface area (Å²) in [5, 5.41) is 25.6. The Hall–Kier alpha value is -3.14. The highest BCUT2D eigenvalue weighted by Gasteiger charge is 2.44. The van der Waals surface area contributed by atoms with Gasteiger partial charge < -0.3 is 24.6 Å². The molecule has 2 aliphatic heterocycles. The van der Waals surface area contributed by atoms with Crippen molar-refractivity contribution in [2.45, 2.75) is 80.5 Å². The first kappa shape index (κ1) is 31.3. The van der Waals surface area contributed by atoms with E-state index >= 15 is 0 Å². The van der Waals surface area contributed by atoms with Gasteiger partial charge in [0.1, 0.15) is 6.10 Å². The summed E-state index contributed by atoms with van der Waals surface area (Å²) >= 11 is 0. The molecule has 0 radical (unpaired) electrons. The van der Waals surface area contributed by atoms with Gasteiger partial charge in [-0.3, -0.25) is 15.0 Å². The van der Waals surface area contributed by atoms with Gasteiger partial charge in [0.2, 0.25) is 0 Å². The zero-order valence-electron chi connectivity index (χ0n) is 23.7. The number of nitro groups is 1. The predicted octanol–water partition coefficient (Wildman–Crippen LogP) is 3.31. The molecular formula is C29H37N3O10S. The van der Waals surface area contributed by atoms with E-state index in [-0.39, 0.29) is 23.8 Å². The number of non-ortho nitro benzene ring substituents is 1. The molecule has 234 valence electrons. The number of nitro benzene ring substituents is 1. The maximum absolute atomic E-state index is 13.8. The topological polar surface area (TPSA) is 167 Å². The summed E-state index contributed by atoms with van der Waals surface area (Å²) in [7, 11) is -4.44. The molecule has 13 nitrogen and oxygen atoms in total. The maximum atomic E-state index is 13.8. The average molecular weight is 620 g/mol. The van der Waals surface area contributed by atoms with E-state index in [1.54, 1.807) is 0 Å². The third-order valence-corrected chi connectivity index (χ3v) is 9.68. The van der Waals surface area contributed by atoms with E-state index in [9.17, 15) is 28.4 Å². The molecule has 0 spiro atoms. The number of hydrogen-bond donors (Lipinski definition) is 2. The third-order valence-electron chi connectivity index (χ3n) is 8.06. The molecule has 0 bridgehead atoms. The summed E-state index contributed by atoms with van der Waals surface area (Å²) in [5.41, 5.74) is 0.401. The molecule has 2 aromatic carbocycles. The number of aliphatic hydroxyl groups excluding tert-OH is 1. The van der Waals surface area contributed by atoms with Crippen molar-refractivity contribution in [2.24, 2.45) is 5.92 Å². The van der Waals surface area contributed by atoms with Gasteiger partial charge >= 0.3 is 6.09 Å². The van der Waals surface area contributed by atoms with E-state index in [4.69, 9.17) is 19.0 Å². The van der Waals surface area contributed by atoms with Crippen LogP contribution < -0.4 is 5.32 Å². The average Bonchev–Trinajstić information content (AvgIpc) is 3.63. The fourth-order valence-corrected chi connectivity index (χ4v) is 7.05. The minimum Gasteiger partial charge on any atom is -0.443 e. The number of carbonyl (C=O) groups excluding carboxylic acids is 1. The van der Waals surface area contributed by atoms with Gasteiger partial charge in [-0.1, -0.05) is 60.1 Å². The molecule has 2 N–H and O–H groups in total. The standard InChI is InChI=1S/C29H37N3O10S/c33-26(18-31(42-22-11-5-2-6-12-22)43(37,38)23-13-7-10-21(17-23)32(35)36)25(16-20-8-3-1-4-9-20)30-29(34)41-27-19-40-28-24(27)14-15-39-28/h1,3-4,7-10,13,17,22,24-28,33H,2,5-6,11-12,14-16,18-19H2,(H,30,34)/t24?,25-,26?,27?,28?/m0/s1. The summed E-state index contributed by atoms with van der Waals surface area (Å²) in [6, 6.07) is 12.8. The van der Waals surface area contributed by atoms with Crippen LogP contribution >= 0.6 is 0 Å². The van der Waals surface area contributed by atoms with Gasteiger partial charge in [-0.15, -0.1) is 0 Å². The van der Waals surface area contributed by atoms with Gasteiger partial charge in [-0.2, -0.15) is 0 Å². The van der Waals surface area contributed by atoms with E-state index in [1.165, 1.54) is 18.2 Å². The van der Waals surface area contributed by atoms with Gasteiger partial charge in [0.15, 0.2) is 6.29 Å². The summed E-state index contributed by atoms with van der Waals surface area (Å²) in [4.78, 5) is 29.4. The molecule has 2 aromatic rings. The Balaban J connectivity index is 1.36. The number of benzene rings is 2. The predicted molar refractivity (Wildman–Crippen MR) is 152 cm³/mol. The first-order valence-corrected chi connectivity index (χ1v) is 16.0. The van der Waals surface area contributed by atoms with E-state index in [1.807, 2.05) is 30.3 Å². The number of aliphatic hydroxyl groups is 1. The minimum absolute atomic E-state index is 0.0808. The second kappa shape index (κ2) is 14.1. The third kappa shape index (κ3) is 7.88. The SMILES string of the molecule is O=C(N[C@@H](Cc1ccccc1)C(O)CN(OC1CCCCC1)S(=O)(=O)c1cccc([N+](=O)[O-])c1)OC1COC2OCCC12. The molecule has 0 aromatic heterocycles. The lowest BCUT2D eigenvalue weighted by Crippen LogP contribution is -2.51. The molecule has 4 unspecified atom stereocenters. The number of hydrogen-bond acceptors (Lipinski definition) is 10. The van der Waals surface area contributed by atoms with Gasteiger partial charge in [0.05, 0.1) is 53.7 Å². The first-order valence-electron chi connectivity index (χ1n) is 14.6. The van der Waals surface area contributed by atoms with Crippen molar-refractivity contribution >= 4 is 21.8 Å². The van der Waals surface area contributed by atoms with Gasteiger partial charge in [-0.25, -0.2) is 13.2 Å². The lowest BCUT2D eigenvalue weighted by atomic mass is 9.98. The van der Waals surface area contributed by atoms with Crippen LogP contribution in [0.3, 0.4) is 0 Å². The van der Waals surface area contributed by atoms with E-state index in [2.05, 4.69) is 5.32 Å². The van der Waals surface area contributed by atoms with Gasteiger partial charge in [0.25, 0.3) is 15.7 Å². The van der Waals surface area contributed by atoms with Crippen LogP contribution in [0.5, 0.6) is 0 Å². The Morgan fingerprint density at radius 3 is 2.60 bits per heavy atom. The highest BCUT2D eigenvalue weighted by Crippen LogP contribution is 2.33. The summed E-state index contributed by atoms with van der Waals surface area (Å²) in [6.07, 6.45) is 1.30. The van der Waals surface area contributed by atoms with E-state index in [0.717, 1.165) is 30.9 Å². The van der Waals surface area contributed by atoms with Crippen molar-refractivity contribution < 1.29 is 42.3 Å². The van der Waals surface area contributed by atoms with Crippen LogP contribution in [0.15, 0.2) is 59.5 Å². The number of alkyl carbamates (subject to hydrolysis) is 1. The molecule has 1 saturated carbocycles. The van der Waals surface area contributed by atoms with Crippen LogP contribution in [0.4, 0.5) is 10.5 Å². The van der Waals surface area contributed by atoms with E-state index in [0.29, 0.717) is 30.3 Å². The van der Waals surface area contributed by atoms with Crippen molar-refractivity contribution in [1.82, 2.24) is 9.79 Å². The quantitative estimate of drug-likeness (QED) is 0.266. The van der Waals surface area contributed by atoms with Gasteiger partial charge in [0, 0.05) is 12.1 Å². The maximum Gasteiger partial charge on any atom is 0.407 e. The van der Waals surface area contributed by atoms with Crippen molar-refractivity contribution in [3.63, 3.8) is 0 Å².